The van der Waals surface area contributed by atoms with Crippen LogP contribution >= 0.6 is 15.9 Å². The second kappa shape index (κ2) is 5.50. The predicted molar refractivity (Wildman–Crippen MR) is 82.9 cm³/mol. The summed E-state index contributed by atoms with van der Waals surface area (Å²) in [6, 6.07) is 11.4. The minimum absolute atomic E-state index is 0.290. The van der Waals surface area contributed by atoms with Crippen molar-refractivity contribution in [3.63, 3.8) is 0 Å². The van der Waals surface area contributed by atoms with E-state index in [4.69, 9.17) is 14.9 Å². The van der Waals surface area contributed by atoms with Crippen LogP contribution in [0, 0.1) is 5.82 Å². The maximum absolute atomic E-state index is 14.1. The van der Waals surface area contributed by atoms with Crippen LogP contribution in [0.3, 0.4) is 0 Å². The largest absolute Gasteiger partial charge is 0.496 e. The topological polar surface area (TPSA) is 48.4 Å². The van der Waals surface area contributed by atoms with Gasteiger partial charge in [-0.2, -0.15) is 0 Å². The maximum Gasteiger partial charge on any atom is 0.134 e. The van der Waals surface area contributed by atoms with E-state index in [1.807, 2.05) is 24.3 Å². The highest BCUT2D eigenvalue weighted by atomic mass is 79.9. The van der Waals surface area contributed by atoms with Crippen molar-refractivity contribution in [2.75, 3.05) is 7.11 Å². The van der Waals surface area contributed by atoms with Crippen molar-refractivity contribution in [3.8, 4) is 5.75 Å². The van der Waals surface area contributed by atoms with Crippen molar-refractivity contribution in [3.05, 3.63) is 64.1 Å². The number of halogens is 2. The van der Waals surface area contributed by atoms with Crippen LogP contribution in [0.15, 0.2) is 51.4 Å². The van der Waals surface area contributed by atoms with Gasteiger partial charge in [-0.25, -0.2) is 4.39 Å². The van der Waals surface area contributed by atoms with E-state index in [1.54, 1.807) is 12.1 Å². The molecule has 21 heavy (non-hydrogen) atoms. The minimum atomic E-state index is -0.729. The zero-order valence-corrected chi connectivity index (χ0v) is 12.9. The van der Waals surface area contributed by atoms with Crippen molar-refractivity contribution in [2.24, 2.45) is 5.73 Å². The second-order valence-electron chi connectivity index (χ2n) is 4.66. The number of hydrogen-bond acceptors (Lipinski definition) is 3. The Balaban J connectivity index is 2.10. The molecule has 0 spiro atoms. The number of ether oxygens (including phenoxy) is 1. The molecule has 3 rings (SSSR count). The van der Waals surface area contributed by atoms with Gasteiger partial charge in [0.1, 0.15) is 22.9 Å². The highest BCUT2D eigenvalue weighted by Gasteiger charge is 2.21. The molecule has 2 aromatic carbocycles. The standard InChI is InChI=1S/C16H13BrFNO2/c1-20-13-4-2-3-11(18)15(13)16(19)14-8-9-7-10(17)5-6-12(9)21-14/h2-8,16H,19H2,1H3. The van der Waals surface area contributed by atoms with Crippen LogP contribution in [0.25, 0.3) is 11.0 Å². The number of fused-ring (bicyclic) bond motifs is 1. The summed E-state index contributed by atoms with van der Waals surface area (Å²) in [5.74, 6) is 0.485. The normalized spacial score (nSPS) is 12.6. The Hall–Kier alpha value is -1.85. The summed E-state index contributed by atoms with van der Waals surface area (Å²) in [4.78, 5) is 0. The zero-order valence-electron chi connectivity index (χ0n) is 11.3. The minimum Gasteiger partial charge on any atom is -0.496 e. The Morgan fingerprint density at radius 2 is 2.05 bits per heavy atom. The zero-order chi connectivity index (χ0) is 15.0. The van der Waals surface area contributed by atoms with Crippen molar-refractivity contribution < 1.29 is 13.5 Å². The van der Waals surface area contributed by atoms with Crippen LogP contribution in [0.2, 0.25) is 0 Å². The molecule has 0 fully saturated rings. The first-order valence-corrected chi connectivity index (χ1v) is 7.16. The van der Waals surface area contributed by atoms with Gasteiger partial charge in [0.25, 0.3) is 0 Å². The third-order valence-electron chi connectivity index (χ3n) is 3.35. The fraction of sp³-hybridized carbons (Fsp3) is 0.125. The number of hydrogen-bond donors (Lipinski definition) is 1. The number of rotatable bonds is 3. The molecular formula is C16H13BrFNO2. The van der Waals surface area contributed by atoms with Crippen molar-refractivity contribution in [2.45, 2.75) is 6.04 Å². The van der Waals surface area contributed by atoms with E-state index < -0.39 is 11.9 Å². The van der Waals surface area contributed by atoms with E-state index in [0.717, 1.165) is 9.86 Å². The summed E-state index contributed by atoms with van der Waals surface area (Å²) in [6.07, 6.45) is 0. The Labute approximate surface area is 129 Å². The van der Waals surface area contributed by atoms with Gasteiger partial charge >= 0.3 is 0 Å². The van der Waals surface area contributed by atoms with E-state index in [9.17, 15) is 4.39 Å². The van der Waals surface area contributed by atoms with E-state index >= 15 is 0 Å². The molecule has 0 bridgehead atoms. The maximum atomic E-state index is 14.1. The molecule has 1 aromatic heterocycles. The average molecular weight is 350 g/mol. The van der Waals surface area contributed by atoms with Gasteiger partial charge in [-0.3, -0.25) is 0 Å². The van der Waals surface area contributed by atoms with Gasteiger partial charge in [-0.15, -0.1) is 0 Å². The third-order valence-corrected chi connectivity index (χ3v) is 3.84. The summed E-state index contributed by atoms with van der Waals surface area (Å²) in [5.41, 5.74) is 7.17. The van der Waals surface area contributed by atoms with Crippen LogP contribution in [-0.2, 0) is 0 Å². The molecule has 0 amide bonds. The van der Waals surface area contributed by atoms with Gasteiger partial charge in [-0.05, 0) is 36.4 Å². The Kier molecular flexibility index (Phi) is 3.69. The number of furan rings is 1. The Morgan fingerprint density at radius 3 is 2.81 bits per heavy atom. The van der Waals surface area contributed by atoms with Crippen LogP contribution < -0.4 is 10.5 Å². The van der Waals surface area contributed by atoms with Crippen molar-refractivity contribution >= 4 is 26.9 Å². The summed E-state index contributed by atoms with van der Waals surface area (Å²) in [7, 11) is 1.49. The lowest BCUT2D eigenvalue weighted by Crippen LogP contribution is -2.14. The summed E-state index contributed by atoms with van der Waals surface area (Å²) < 4.78 is 25.9. The molecule has 0 aliphatic rings. The fourth-order valence-corrected chi connectivity index (χ4v) is 2.71. The molecule has 3 aromatic rings. The quantitative estimate of drug-likeness (QED) is 0.762. The molecule has 5 heteroatoms. The van der Waals surface area contributed by atoms with E-state index in [-0.39, 0.29) is 5.56 Å². The van der Waals surface area contributed by atoms with E-state index in [2.05, 4.69) is 15.9 Å². The van der Waals surface area contributed by atoms with Gasteiger partial charge in [0.15, 0.2) is 0 Å². The number of nitrogens with two attached hydrogens (primary N) is 1. The average Bonchev–Trinajstić information content (AvgIpc) is 2.89. The predicted octanol–water partition coefficient (Wildman–Crippen LogP) is 4.39. The second-order valence-corrected chi connectivity index (χ2v) is 5.58. The highest BCUT2D eigenvalue weighted by molar-refractivity contribution is 9.10. The molecule has 0 saturated heterocycles. The van der Waals surface area contributed by atoms with Gasteiger partial charge in [0, 0.05) is 9.86 Å². The molecule has 1 heterocycles. The van der Waals surface area contributed by atoms with Gasteiger partial charge in [0.05, 0.1) is 18.7 Å². The number of benzene rings is 2. The lowest BCUT2D eigenvalue weighted by Gasteiger charge is -2.14. The molecule has 1 atom stereocenters. The molecule has 0 aliphatic carbocycles. The first-order valence-electron chi connectivity index (χ1n) is 6.37. The fourth-order valence-electron chi connectivity index (χ4n) is 2.33. The van der Waals surface area contributed by atoms with Crippen LogP contribution in [0.5, 0.6) is 5.75 Å². The van der Waals surface area contributed by atoms with Crippen molar-refractivity contribution in [1.29, 1.82) is 0 Å². The van der Waals surface area contributed by atoms with E-state index in [0.29, 0.717) is 17.1 Å². The van der Waals surface area contributed by atoms with Crippen LogP contribution in [0.1, 0.15) is 17.4 Å². The summed E-state index contributed by atoms with van der Waals surface area (Å²) in [6.45, 7) is 0. The Bertz CT molecular complexity index is 800. The lowest BCUT2D eigenvalue weighted by atomic mass is 10.0. The molecule has 1 unspecified atom stereocenters. The third kappa shape index (κ3) is 2.54. The Morgan fingerprint density at radius 1 is 1.24 bits per heavy atom. The lowest BCUT2D eigenvalue weighted by molar-refractivity contribution is 0.397. The molecule has 3 nitrogen and oxygen atoms in total. The molecule has 0 saturated carbocycles. The first kappa shape index (κ1) is 14.1. The SMILES string of the molecule is COc1cccc(F)c1C(N)c1cc2cc(Br)ccc2o1. The van der Waals surface area contributed by atoms with Gasteiger partial charge in [0.2, 0.25) is 0 Å². The molecule has 2 N–H and O–H groups in total. The van der Waals surface area contributed by atoms with Gasteiger partial charge in [-0.1, -0.05) is 22.0 Å². The monoisotopic (exact) mass is 349 g/mol. The smallest absolute Gasteiger partial charge is 0.134 e. The van der Waals surface area contributed by atoms with Crippen molar-refractivity contribution in [1.82, 2.24) is 0 Å². The molecule has 0 radical (unpaired) electrons. The highest BCUT2D eigenvalue weighted by Crippen LogP contribution is 2.33. The summed E-state index contributed by atoms with van der Waals surface area (Å²) in [5, 5.41) is 0.908. The molecular weight excluding hydrogens is 337 g/mol. The summed E-state index contributed by atoms with van der Waals surface area (Å²) >= 11 is 3.41. The van der Waals surface area contributed by atoms with Crippen LogP contribution in [-0.4, -0.2) is 7.11 Å². The van der Waals surface area contributed by atoms with Crippen LogP contribution in [0.4, 0.5) is 4.39 Å². The van der Waals surface area contributed by atoms with Gasteiger partial charge < -0.3 is 14.9 Å². The molecule has 108 valence electrons. The molecule has 0 aliphatic heterocycles. The van der Waals surface area contributed by atoms with E-state index in [1.165, 1.54) is 13.2 Å². The number of methoxy groups -OCH3 is 1. The first-order chi connectivity index (χ1) is 10.1.